The fraction of sp³-hybridized carbons (Fsp3) is 0.448. The van der Waals surface area contributed by atoms with Crippen molar-refractivity contribution in [2.45, 2.75) is 77.9 Å². The van der Waals surface area contributed by atoms with E-state index in [0.717, 1.165) is 11.1 Å². The molecule has 3 rings (SSSR count). The molecular formula is C29H39NO5Si. The van der Waals surface area contributed by atoms with Gasteiger partial charge in [-0.25, -0.2) is 9.69 Å². The molecule has 0 fully saturated rings. The van der Waals surface area contributed by atoms with Crippen molar-refractivity contribution in [2.75, 3.05) is 6.61 Å². The summed E-state index contributed by atoms with van der Waals surface area (Å²) < 4.78 is 17.8. The first-order chi connectivity index (χ1) is 16.7. The van der Waals surface area contributed by atoms with E-state index in [1.165, 1.54) is 4.90 Å². The molecule has 1 aliphatic rings. The van der Waals surface area contributed by atoms with Gasteiger partial charge in [0.2, 0.25) is 0 Å². The standard InChI is InChI=1S/C29H39NO5Si/c1-28(2,3)35-27(32)30-23(20-34-36(7,8)29(4,5)6)18-25(26(30)31)22-14-16-24(17-15-22)33-19-21-12-10-9-11-13-21/h9-18,23H,19-20H2,1-8H3/t23-/m1/s1. The van der Waals surface area contributed by atoms with E-state index < -0.39 is 26.1 Å². The maximum atomic E-state index is 13.4. The summed E-state index contributed by atoms with van der Waals surface area (Å²) in [6, 6.07) is 16.8. The molecule has 0 aliphatic carbocycles. The van der Waals surface area contributed by atoms with E-state index in [-0.39, 0.29) is 17.6 Å². The number of rotatable bonds is 7. The first kappa shape index (κ1) is 27.7. The Morgan fingerprint density at radius 2 is 1.56 bits per heavy atom. The minimum Gasteiger partial charge on any atom is -0.489 e. The van der Waals surface area contributed by atoms with Crippen LogP contribution in [0.2, 0.25) is 18.1 Å². The van der Waals surface area contributed by atoms with Crippen LogP contribution >= 0.6 is 0 Å². The summed E-state index contributed by atoms with van der Waals surface area (Å²) in [5.41, 5.74) is 1.53. The van der Waals surface area contributed by atoms with Crippen LogP contribution < -0.4 is 4.74 Å². The molecule has 0 unspecified atom stereocenters. The molecule has 0 N–H and O–H groups in total. The zero-order valence-corrected chi connectivity index (χ0v) is 23.8. The van der Waals surface area contributed by atoms with Gasteiger partial charge in [-0.2, -0.15) is 0 Å². The summed E-state index contributed by atoms with van der Waals surface area (Å²) in [6.45, 7) is 16.8. The Balaban J connectivity index is 1.80. The number of carbonyl (C=O) groups excluding carboxylic acids is 2. The first-order valence-electron chi connectivity index (χ1n) is 12.4. The molecule has 2 aromatic rings. The van der Waals surface area contributed by atoms with Gasteiger partial charge in [0.15, 0.2) is 8.32 Å². The molecule has 36 heavy (non-hydrogen) atoms. The highest BCUT2D eigenvalue weighted by molar-refractivity contribution is 6.74. The second-order valence-electron chi connectivity index (χ2n) is 11.7. The summed E-state index contributed by atoms with van der Waals surface area (Å²) in [4.78, 5) is 27.7. The van der Waals surface area contributed by atoms with Crippen LogP contribution in [0.4, 0.5) is 4.79 Å². The number of hydrogen-bond acceptors (Lipinski definition) is 5. The van der Waals surface area contributed by atoms with Gasteiger partial charge in [-0.3, -0.25) is 4.79 Å². The number of carbonyl (C=O) groups is 2. The Hall–Kier alpha value is -2.90. The number of benzene rings is 2. The molecule has 0 saturated carbocycles. The lowest BCUT2D eigenvalue weighted by atomic mass is 10.1. The van der Waals surface area contributed by atoms with Gasteiger partial charge in [0.25, 0.3) is 5.91 Å². The maximum Gasteiger partial charge on any atom is 0.417 e. The molecule has 0 spiro atoms. The number of hydrogen-bond donors (Lipinski definition) is 0. The van der Waals surface area contributed by atoms with Crippen LogP contribution in [-0.2, 0) is 20.6 Å². The third kappa shape index (κ3) is 6.86. The zero-order valence-electron chi connectivity index (χ0n) is 22.8. The van der Waals surface area contributed by atoms with Gasteiger partial charge in [-0.15, -0.1) is 0 Å². The van der Waals surface area contributed by atoms with Crippen LogP contribution in [0.3, 0.4) is 0 Å². The quantitative estimate of drug-likeness (QED) is 0.383. The van der Waals surface area contributed by atoms with E-state index in [2.05, 4.69) is 33.9 Å². The molecule has 1 atom stereocenters. The second-order valence-corrected chi connectivity index (χ2v) is 16.5. The molecule has 0 bridgehead atoms. The van der Waals surface area contributed by atoms with Gasteiger partial charge in [-0.05, 0) is 68.2 Å². The molecule has 0 aromatic heterocycles. The van der Waals surface area contributed by atoms with Crippen molar-refractivity contribution in [3.8, 4) is 5.75 Å². The van der Waals surface area contributed by atoms with Gasteiger partial charge in [0.05, 0.1) is 12.6 Å². The van der Waals surface area contributed by atoms with Gasteiger partial charge in [0.1, 0.15) is 18.0 Å². The highest BCUT2D eigenvalue weighted by Crippen LogP contribution is 2.37. The number of amides is 2. The predicted molar refractivity (Wildman–Crippen MR) is 145 cm³/mol. The van der Waals surface area contributed by atoms with Crippen molar-refractivity contribution in [3.05, 3.63) is 71.8 Å². The summed E-state index contributed by atoms with van der Waals surface area (Å²) in [5, 5.41) is 0.00842. The lowest BCUT2D eigenvalue weighted by Crippen LogP contribution is -2.48. The van der Waals surface area contributed by atoms with E-state index in [9.17, 15) is 9.59 Å². The molecule has 0 saturated heterocycles. The van der Waals surface area contributed by atoms with Gasteiger partial charge in [-0.1, -0.05) is 63.2 Å². The molecule has 2 aromatic carbocycles. The van der Waals surface area contributed by atoms with Gasteiger partial charge in [0, 0.05) is 5.57 Å². The molecule has 1 aliphatic heterocycles. The largest absolute Gasteiger partial charge is 0.489 e. The number of ether oxygens (including phenoxy) is 2. The topological polar surface area (TPSA) is 65.1 Å². The molecule has 6 nitrogen and oxygen atoms in total. The lowest BCUT2D eigenvalue weighted by Gasteiger charge is -2.37. The Morgan fingerprint density at radius 3 is 2.11 bits per heavy atom. The molecule has 2 amide bonds. The SMILES string of the molecule is CC(C)(C)OC(=O)N1C(=O)C(c2ccc(OCc3ccccc3)cc2)=C[C@@H]1CO[Si](C)(C)C(C)(C)C. The van der Waals surface area contributed by atoms with E-state index in [1.807, 2.05) is 60.7 Å². The Labute approximate surface area is 216 Å². The van der Waals surface area contributed by atoms with Gasteiger partial charge < -0.3 is 13.9 Å². The van der Waals surface area contributed by atoms with Crippen molar-refractivity contribution in [2.24, 2.45) is 0 Å². The number of imide groups is 1. The van der Waals surface area contributed by atoms with E-state index in [1.54, 1.807) is 20.8 Å². The normalized spacial score (nSPS) is 16.7. The van der Waals surface area contributed by atoms with Crippen molar-refractivity contribution < 1.29 is 23.5 Å². The van der Waals surface area contributed by atoms with Crippen LogP contribution in [0, 0.1) is 0 Å². The minimum absolute atomic E-state index is 0.00842. The lowest BCUT2D eigenvalue weighted by molar-refractivity contribution is -0.124. The van der Waals surface area contributed by atoms with Crippen LogP contribution in [0.5, 0.6) is 5.75 Å². The fourth-order valence-corrected chi connectivity index (χ4v) is 4.49. The van der Waals surface area contributed by atoms with Crippen molar-refractivity contribution >= 4 is 25.9 Å². The van der Waals surface area contributed by atoms with Crippen molar-refractivity contribution in [1.82, 2.24) is 4.90 Å². The van der Waals surface area contributed by atoms with Crippen molar-refractivity contribution in [1.29, 1.82) is 0 Å². The average Bonchev–Trinajstić information content (AvgIpc) is 3.12. The smallest absolute Gasteiger partial charge is 0.417 e. The molecule has 194 valence electrons. The second kappa shape index (κ2) is 10.6. The molecule has 1 heterocycles. The van der Waals surface area contributed by atoms with E-state index >= 15 is 0 Å². The van der Waals surface area contributed by atoms with Crippen LogP contribution in [0.25, 0.3) is 5.57 Å². The van der Waals surface area contributed by atoms with E-state index in [0.29, 0.717) is 17.9 Å². The Kier molecular flexibility index (Phi) is 8.16. The maximum absolute atomic E-state index is 13.4. The van der Waals surface area contributed by atoms with Crippen molar-refractivity contribution in [3.63, 3.8) is 0 Å². The molecular weight excluding hydrogens is 470 g/mol. The predicted octanol–water partition coefficient (Wildman–Crippen LogP) is 6.82. The highest BCUT2D eigenvalue weighted by atomic mass is 28.4. The zero-order chi connectivity index (χ0) is 26.7. The van der Waals surface area contributed by atoms with Crippen LogP contribution in [0.1, 0.15) is 52.7 Å². The third-order valence-electron chi connectivity index (χ3n) is 6.56. The Bertz CT molecular complexity index is 1100. The van der Waals surface area contributed by atoms with Crippen LogP contribution in [-0.4, -0.2) is 43.5 Å². The number of nitrogens with zero attached hydrogens (tertiary/aromatic N) is 1. The van der Waals surface area contributed by atoms with E-state index in [4.69, 9.17) is 13.9 Å². The average molecular weight is 510 g/mol. The third-order valence-corrected chi connectivity index (χ3v) is 11.1. The first-order valence-corrected chi connectivity index (χ1v) is 15.3. The van der Waals surface area contributed by atoms with Crippen LogP contribution in [0.15, 0.2) is 60.7 Å². The summed E-state index contributed by atoms with van der Waals surface area (Å²) >= 11 is 0. The summed E-state index contributed by atoms with van der Waals surface area (Å²) in [6.07, 6.45) is 1.16. The van der Waals surface area contributed by atoms with Gasteiger partial charge >= 0.3 is 6.09 Å². The summed E-state index contributed by atoms with van der Waals surface area (Å²) in [7, 11) is -2.09. The Morgan fingerprint density at radius 1 is 0.944 bits per heavy atom. The molecule has 7 heteroatoms. The monoisotopic (exact) mass is 509 g/mol. The summed E-state index contributed by atoms with van der Waals surface area (Å²) in [5.74, 6) is 0.321. The molecule has 0 radical (unpaired) electrons. The minimum atomic E-state index is -2.09. The highest BCUT2D eigenvalue weighted by Gasteiger charge is 2.43. The fourth-order valence-electron chi connectivity index (χ4n) is 3.47.